The molecule has 9 unspecified atom stereocenters. The lowest BCUT2D eigenvalue weighted by Gasteiger charge is -2.46. The third kappa shape index (κ3) is 10.4. The lowest BCUT2D eigenvalue weighted by Crippen LogP contribution is -2.38. The summed E-state index contributed by atoms with van der Waals surface area (Å²) in [7, 11) is 0. The zero-order valence-corrected chi connectivity index (χ0v) is 47.6. The van der Waals surface area contributed by atoms with Crippen LogP contribution in [0.15, 0.2) is 272 Å². The number of fused-ring (bicyclic) bond motifs is 6. The summed E-state index contributed by atoms with van der Waals surface area (Å²) in [5.74, 6) is 3.87. The summed E-state index contributed by atoms with van der Waals surface area (Å²) in [6.45, 7) is 11.2. The van der Waals surface area contributed by atoms with E-state index in [-0.39, 0.29) is 17.4 Å². The van der Waals surface area contributed by atoms with E-state index in [4.69, 9.17) is 4.74 Å². The molecule has 13 rings (SSSR count). The molecule has 4 aromatic carbocycles. The van der Waals surface area contributed by atoms with Gasteiger partial charge in [0, 0.05) is 62.1 Å². The number of ether oxygens (including phenoxy) is 1. The van der Waals surface area contributed by atoms with E-state index in [1.165, 1.54) is 118 Å². The van der Waals surface area contributed by atoms with Crippen LogP contribution in [0, 0.1) is 35.0 Å². The summed E-state index contributed by atoms with van der Waals surface area (Å²) in [6.07, 6.45) is 66.5. The lowest BCUT2D eigenvalue weighted by atomic mass is 9.59. The van der Waals surface area contributed by atoms with Crippen molar-refractivity contribution in [3.63, 3.8) is 0 Å². The van der Waals surface area contributed by atoms with Gasteiger partial charge in [0.1, 0.15) is 5.76 Å². The van der Waals surface area contributed by atoms with Gasteiger partial charge in [-0.3, -0.25) is 0 Å². The molecule has 0 amide bonds. The zero-order valence-electron chi connectivity index (χ0n) is 47.6. The Bertz CT molecular complexity index is 3620. The lowest BCUT2D eigenvalue weighted by molar-refractivity contribution is 0.162. The molecule has 0 saturated heterocycles. The normalized spacial score (nSPS) is 26.7. The second-order valence-electron chi connectivity index (χ2n) is 24.4. The predicted octanol–water partition coefficient (Wildman–Crippen LogP) is 20.7. The molecule has 0 aliphatic heterocycles. The summed E-state index contributed by atoms with van der Waals surface area (Å²) in [4.78, 5) is 2.63. The summed E-state index contributed by atoms with van der Waals surface area (Å²) >= 11 is 0. The molecule has 8 aliphatic carbocycles. The number of anilines is 1. The highest BCUT2D eigenvalue weighted by molar-refractivity contribution is 6.09. The SMILES string of the molecule is C=CC1=CCC(c2ccc3c(c2)c2cc(C4C=CC(N(C5=CC=C6C7C=CC=CC7C(CCCCC(C)COC7=CCC(C=C)C=C7)(C7=CCCCC7)C6C5)c5ccc(-c6ccccc6)cc5)=CC4)ccc2n3C2C=CC=CC2)C=C1. The number of aromatic nitrogens is 1. The van der Waals surface area contributed by atoms with E-state index in [9.17, 15) is 0 Å². The van der Waals surface area contributed by atoms with E-state index in [0.29, 0.717) is 35.5 Å². The third-order valence-electron chi connectivity index (χ3n) is 19.6. The van der Waals surface area contributed by atoms with E-state index in [1.54, 1.807) is 11.1 Å². The zero-order chi connectivity index (χ0) is 54.7. The Balaban J connectivity index is 0.811. The number of allylic oxidation sites excluding steroid dienone is 26. The van der Waals surface area contributed by atoms with Gasteiger partial charge in [0.15, 0.2) is 0 Å². The van der Waals surface area contributed by atoms with Crippen molar-refractivity contribution in [1.29, 1.82) is 0 Å². The minimum atomic E-state index is 0.0766. The molecule has 9 atom stereocenters. The van der Waals surface area contributed by atoms with Gasteiger partial charge < -0.3 is 14.2 Å². The van der Waals surface area contributed by atoms with Crippen molar-refractivity contribution in [2.45, 2.75) is 108 Å². The molecule has 3 heteroatoms. The highest BCUT2D eigenvalue weighted by atomic mass is 16.5. The van der Waals surface area contributed by atoms with Crippen molar-refractivity contribution in [2.75, 3.05) is 11.5 Å². The summed E-state index contributed by atoms with van der Waals surface area (Å²) < 4.78 is 8.95. The minimum absolute atomic E-state index is 0.0766. The van der Waals surface area contributed by atoms with Crippen LogP contribution in [0.4, 0.5) is 5.69 Å². The molecule has 81 heavy (non-hydrogen) atoms. The van der Waals surface area contributed by atoms with E-state index in [1.807, 2.05) is 12.2 Å². The minimum Gasteiger partial charge on any atom is -0.494 e. The van der Waals surface area contributed by atoms with Crippen molar-refractivity contribution in [3.05, 3.63) is 283 Å². The van der Waals surface area contributed by atoms with Gasteiger partial charge in [0.2, 0.25) is 0 Å². The molecule has 3 nitrogen and oxygen atoms in total. The molecule has 0 N–H and O–H groups in total. The van der Waals surface area contributed by atoms with Crippen LogP contribution in [0.5, 0.6) is 0 Å². The maximum absolute atomic E-state index is 6.35. The van der Waals surface area contributed by atoms with Gasteiger partial charge in [0.25, 0.3) is 0 Å². The number of benzene rings is 4. The molecule has 0 spiro atoms. The fraction of sp³-hybridized carbons (Fsp3) is 0.308. The van der Waals surface area contributed by atoms with Crippen LogP contribution < -0.4 is 4.90 Å². The Morgan fingerprint density at radius 3 is 2.15 bits per heavy atom. The number of nitrogens with zero attached hydrogens (tertiary/aromatic N) is 2. The van der Waals surface area contributed by atoms with Crippen LogP contribution in [0.1, 0.15) is 119 Å². The highest BCUT2D eigenvalue weighted by Crippen LogP contribution is 2.66. The molecule has 408 valence electrons. The van der Waals surface area contributed by atoms with Crippen LogP contribution in [0.3, 0.4) is 0 Å². The molecule has 5 aromatic rings. The monoisotopic (exact) mass is 1060 g/mol. The molecular weight excluding hydrogens is 981 g/mol. The Hall–Kier alpha value is -7.62. The van der Waals surface area contributed by atoms with Crippen LogP contribution >= 0.6 is 0 Å². The van der Waals surface area contributed by atoms with Gasteiger partial charge in [0.05, 0.1) is 12.6 Å². The molecule has 1 saturated carbocycles. The molecule has 0 radical (unpaired) electrons. The largest absolute Gasteiger partial charge is 0.494 e. The number of hydrogen-bond donors (Lipinski definition) is 0. The van der Waals surface area contributed by atoms with Crippen LogP contribution in [0.2, 0.25) is 0 Å². The summed E-state index contributed by atoms with van der Waals surface area (Å²) in [5.41, 5.74) is 16.4. The van der Waals surface area contributed by atoms with Gasteiger partial charge in [-0.2, -0.15) is 0 Å². The second-order valence-corrected chi connectivity index (χ2v) is 24.4. The van der Waals surface area contributed by atoms with Crippen molar-refractivity contribution in [1.82, 2.24) is 4.57 Å². The van der Waals surface area contributed by atoms with Gasteiger partial charge in [-0.1, -0.05) is 201 Å². The molecule has 1 fully saturated rings. The van der Waals surface area contributed by atoms with Crippen molar-refractivity contribution >= 4 is 27.5 Å². The van der Waals surface area contributed by atoms with E-state index < -0.39 is 0 Å². The van der Waals surface area contributed by atoms with Gasteiger partial charge in [-0.05, 0) is 183 Å². The van der Waals surface area contributed by atoms with E-state index >= 15 is 0 Å². The fourth-order valence-corrected chi connectivity index (χ4v) is 15.3. The standard InChI is InChI=1S/C78H80N2O/c1-4-56-28-32-60(33-29-56)62-38-48-76-72(51-62)73-52-63(39-49-77(73)80(76)65-24-13-8-14-25-65)61-36-42-67(43-37-61)79(66-40-34-59(35-41-66)58-20-9-6-10-21-58)68-44-47-71-70-26-15-16-27-74(70)78(75(71)53-68,64-22-11-7-12-23-64)50-18-17-19-55(3)54-81-69-45-30-57(5-2)31-46-69/h4-6,8-10,13-16,20-22,24,26-30,32,34-36,38-49,51-52,55,57,60-61,65,70,74-75H,1-2,7,11-12,17-19,23,25,31,33,37,50,53-54H2,3H3. The van der Waals surface area contributed by atoms with Crippen LogP contribution in [-0.4, -0.2) is 11.2 Å². The fourth-order valence-electron chi connectivity index (χ4n) is 15.3. The first-order valence-corrected chi connectivity index (χ1v) is 30.8. The average Bonchev–Trinajstić information content (AvgIpc) is 3.54. The molecular formula is C78H80N2O. The average molecular weight is 1060 g/mol. The number of hydrogen-bond acceptors (Lipinski definition) is 2. The topological polar surface area (TPSA) is 17.4 Å². The first-order valence-electron chi connectivity index (χ1n) is 30.8. The van der Waals surface area contributed by atoms with Crippen molar-refractivity contribution < 1.29 is 4.74 Å². The first-order chi connectivity index (χ1) is 39.9. The van der Waals surface area contributed by atoms with Crippen molar-refractivity contribution in [3.8, 4) is 11.1 Å². The maximum Gasteiger partial charge on any atom is 0.115 e. The number of unbranched alkanes of at least 4 members (excludes halogenated alkanes) is 1. The maximum atomic E-state index is 6.35. The quantitative estimate of drug-likeness (QED) is 0.0643. The van der Waals surface area contributed by atoms with Crippen LogP contribution in [0.25, 0.3) is 32.9 Å². The predicted molar refractivity (Wildman–Crippen MR) is 343 cm³/mol. The molecule has 8 aliphatic rings. The third-order valence-corrected chi connectivity index (χ3v) is 19.6. The second kappa shape index (κ2) is 23.5. The Labute approximate surface area is 483 Å². The molecule has 0 bridgehead atoms. The summed E-state index contributed by atoms with van der Waals surface area (Å²) in [5, 5.41) is 2.70. The Morgan fingerprint density at radius 2 is 1.47 bits per heavy atom. The number of rotatable bonds is 18. The highest BCUT2D eigenvalue weighted by Gasteiger charge is 2.58. The van der Waals surface area contributed by atoms with Crippen LogP contribution in [-0.2, 0) is 4.74 Å². The Kier molecular flexibility index (Phi) is 15.3. The van der Waals surface area contributed by atoms with Crippen molar-refractivity contribution in [2.24, 2.45) is 35.0 Å². The Morgan fingerprint density at radius 1 is 0.704 bits per heavy atom. The van der Waals surface area contributed by atoms with Gasteiger partial charge in [-0.15, -0.1) is 6.58 Å². The van der Waals surface area contributed by atoms with Gasteiger partial charge >= 0.3 is 0 Å². The smallest absolute Gasteiger partial charge is 0.115 e. The van der Waals surface area contributed by atoms with E-state index in [2.05, 4.69) is 242 Å². The molecule has 1 heterocycles. The summed E-state index contributed by atoms with van der Waals surface area (Å²) in [6, 6.07) is 35.1. The molecule has 1 aromatic heterocycles. The van der Waals surface area contributed by atoms with E-state index in [0.717, 1.165) is 44.5 Å². The van der Waals surface area contributed by atoms with Gasteiger partial charge in [-0.25, -0.2) is 0 Å². The first kappa shape index (κ1) is 52.7.